The second-order valence-electron chi connectivity index (χ2n) is 5.66. The van der Waals surface area contributed by atoms with Gasteiger partial charge in [-0.15, -0.1) is 0 Å². The SMILES string of the molecule is O=C(OCc1cccc2ccccc12)c1cc(B(O)O)cc([N+](=O)[O-])c1. The van der Waals surface area contributed by atoms with E-state index in [0.717, 1.165) is 34.5 Å². The van der Waals surface area contributed by atoms with Crippen molar-refractivity contribution in [1.82, 2.24) is 0 Å². The van der Waals surface area contributed by atoms with E-state index in [2.05, 4.69) is 0 Å². The molecule has 0 aliphatic heterocycles. The molecule has 0 bridgehead atoms. The van der Waals surface area contributed by atoms with E-state index in [1.54, 1.807) is 0 Å². The zero-order chi connectivity index (χ0) is 18.7. The van der Waals surface area contributed by atoms with Gasteiger partial charge >= 0.3 is 13.1 Å². The lowest BCUT2D eigenvalue weighted by atomic mass is 9.79. The van der Waals surface area contributed by atoms with Gasteiger partial charge in [0.15, 0.2) is 0 Å². The predicted octanol–water partition coefficient (Wildman–Crippen LogP) is 1.78. The van der Waals surface area contributed by atoms with Crippen LogP contribution in [-0.2, 0) is 11.3 Å². The van der Waals surface area contributed by atoms with E-state index in [1.807, 2.05) is 42.5 Å². The van der Waals surface area contributed by atoms with Crippen LogP contribution in [0.3, 0.4) is 0 Å². The average Bonchev–Trinajstić information content (AvgIpc) is 2.65. The number of carbonyl (C=O) groups is 1. The number of hydrogen-bond acceptors (Lipinski definition) is 6. The fraction of sp³-hybridized carbons (Fsp3) is 0.0556. The molecule has 0 aliphatic carbocycles. The summed E-state index contributed by atoms with van der Waals surface area (Å²) < 4.78 is 5.27. The number of benzene rings is 3. The minimum absolute atomic E-state index is 0.0140. The molecular weight excluding hydrogens is 337 g/mol. The van der Waals surface area contributed by atoms with Crippen molar-refractivity contribution in [2.75, 3.05) is 0 Å². The smallest absolute Gasteiger partial charge is 0.457 e. The number of nitrogens with zero attached hydrogens (tertiary/aromatic N) is 1. The number of nitro groups is 1. The third kappa shape index (κ3) is 3.71. The van der Waals surface area contributed by atoms with E-state index in [4.69, 9.17) is 4.74 Å². The van der Waals surface area contributed by atoms with Crippen LogP contribution < -0.4 is 5.46 Å². The molecule has 0 fully saturated rings. The number of nitro benzene ring substituents is 1. The van der Waals surface area contributed by atoms with Crippen molar-refractivity contribution in [3.05, 3.63) is 81.9 Å². The van der Waals surface area contributed by atoms with Crippen molar-refractivity contribution in [3.63, 3.8) is 0 Å². The Kier molecular flexibility index (Phi) is 4.97. The summed E-state index contributed by atoms with van der Waals surface area (Å²) >= 11 is 0. The molecule has 0 spiro atoms. The highest BCUT2D eigenvalue weighted by Crippen LogP contribution is 2.20. The van der Waals surface area contributed by atoms with Gasteiger partial charge in [0, 0.05) is 12.1 Å². The zero-order valence-electron chi connectivity index (χ0n) is 13.5. The fourth-order valence-corrected chi connectivity index (χ4v) is 2.65. The van der Waals surface area contributed by atoms with Crippen LogP contribution in [0.25, 0.3) is 10.8 Å². The van der Waals surface area contributed by atoms with Crippen LogP contribution in [0, 0.1) is 10.1 Å². The summed E-state index contributed by atoms with van der Waals surface area (Å²) in [4.78, 5) is 22.5. The Bertz CT molecular complexity index is 983. The summed E-state index contributed by atoms with van der Waals surface area (Å²) in [5.41, 5.74) is 0.0934. The lowest BCUT2D eigenvalue weighted by Crippen LogP contribution is -2.30. The van der Waals surface area contributed by atoms with Crippen LogP contribution in [0.2, 0.25) is 0 Å². The number of hydrogen-bond donors (Lipinski definition) is 2. The standard InChI is InChI=1S/C18H14BNO6/c21-18(14-8-15(19(22)23)10-16(9-14)20(24)25)26-11-13-6-3-5-12-4-1-2-7-17(12)13/h1-10,22-23H,11H2. The summed E-state index contributed by atoms with van der Waals surface area (Å²) in [5, 5.41) is 31.4. The largest absolute Gasteiger partial charge is 0.488 e. The Morgan fingerprint density at radius 2 is 1.81 bits per heavy atom. The molecule has 3 aromatic rings. The third-order valence-electron chi connectivity index (χ3n) is 3.92. The molecule has 130 valence electrons. The van der Waals surface area contributed by atoms with E-state index in [9.17, 15) is 25.0 Å². The molecule has 8 heteroatoms. The van der Waals surface area contributed by atoms with Gasteiger partial charge in [-0.1, -0.05) is 42.5 Å². The van der Waals surface area contributed by atoms with Crippen LogP contribution in [0.15, 0.2) is 60.7 Å². The summed E-state index contributed by atoms with van der Waals surface area (Å²) in [5.74, 6) is -0.788. The Morgan fingerprint density at radius 1 is 1.08 bits per heavy atom. The second-order valence-corrected chi connectivity index (χ2v) is 5.66. The number of esters is 1. The van der Waals surface area contributed by atoms with E-state index in [1.165, 1.54) is 0 Å². The van der Waals surface area contributed by atoms with E-state index in [-0.39, 0.29) is 17.6 Å². The van der Waals surface area contributed by atoms with Crippen LogP contribution in [0.1, 0.15) is 15.9 Å². The van der Waals surface area contributed by atoms with E-state index >= 15 is 0 Å². The fourth-order valence-electron chi connectivity index (χ4n) is 2.65. The first kappa shape index (κ1) is 17.6. The number of ether oxygens (including phenoxy) is 1. The van der Waals surface area contributed by atoms with Gasteiger partial charge in [-0.25, -0.2) is 4.79 Å². The van der Waals surface area contributed by atoms with Crippen molar-refractivity contribution in [2.45, 2.75) is 6.61 Å². The van der Waals surface area contributed by atoms with Gasteiger partial charge in [-0.2, -0.15) is 0 Å². The number of carbonyl (C=O) groups excluding carboxylic acids is 1. The van der Waals surface area contributed by atoms with Gasteiger partial charge in [0.2, 0.25) is 0 Å². The number of rotatable bonds is 5. The van der Waals surface area contributed by atoms with Crippen LogP contribution >= 0.6 is 0 Å². The van der Waals surface area contributed by atoms with Gasteiger partial charge in [0.05, 0.1) is 10.5 Å². The Morgan fingerprint density at radius 3 is 2.54 bits per heavy atom. The topological polar surface area (TPSA) is 110 Å². The molecule has 0 heterocycles. The number of fused-ring (bicyclic) bond motifs is 1. The maximum Gasteiger partial charge on any atom is 0.488 e. The summed E-state index contributed by atoms with van der Waals surface area (Å²) in [6, 6.07) is 16.4. The molecule has 3 aromatic carbocycles. The minimum Gasteiger partial charge on any atom is -0.457 e. The first-order valence-electron chi connectivity index (χ1n) is 7.75. The molecule has 0 aromatic heterocycles. The molecule has 3 rings (SSSR count). The molecule has 0 radical (unpaired) electrons. The van der Waals surface area contributed by atoms with Crippen LogP contribution in [0.4, 0.5) is 5.69 Å². The lowest BCUT2D eigenvalue weighted by molar-refractivity contribution is -0.384. The molecular formula is C18H14BNO6. The van der Waals surface area contributed by atoms with Crippen molar-refractivity contribution in [2.24, 2.45) is 0 Å². The molecule has 0 aliphatic rings. The Hall–Kier alpha value is -3.23. The van der Waals surface area contributed by atoms with Gasteiger partial charge < -0.3 is 14.8 Å². The normalized spacial score (nSPS) is 10.5. The van der Waals surface area contributed by atoms with Crippen molar-refractivity contribution >= 4 is 35.0 Å². The molecule has 0 unspecified atom stereocenters. The molecule has 0 amide bonds. The average molecular weight is 351 g/mol. The van der Waals surface area contributed by atoms with Crippen molar-refractivity contribution in [1.29, 1.82) is 0 Å². The van der Waals surface area contributed by atoms with Crippen molar-refractivity contribution in [3.8, 4) is 0 Å². The molecule has 0 saturated carbocycles. The monoisotopic (exact) mass is 351 g/mol. The second kappa shape index (κ2) is 7.34. The molecule has 2 N–H and O–H groups in total. The summed E-state index contributed by atoms with van der Waals surface area (Å²) in [6.07, 6.45) is 0. The third-order valence-corrected chi connectivity index (χ3v) is 3.92. The lowest BCUT2D eigenvalue weighted by Gasteiger charge is -2.09. The predicted molar refractivity (Wildman–Crippen MR) is 96.0 cm³/mol. The van der Waals surface area contributed by atoms with Crippen molar-refractivity contribution < 1.29 is 24.5 Å². The highest BCUT2D eigenvalue weighted by Gasteiger charge is 2.21. The van der Waals surface area contributed by atoms with Gasteiger partial charge in [0.25, 0.3) is 5.69 Å². The highest BCUT2D eigenvalue weighted by molar-refractivity contribution is 6.58. The summed E-state index contributed by atoms with van der Waals surface area (Å²) in [7, 11) is -1.93. The Labute approximate surface area is 148 Å². The van der Waals surface area contributed by atoms with E-state index in [0.29, 0.717) is 0 Å². The van der Waals surface area contributed by atoms with Gasteiger partial charge in [0.1, 0.15) is 6.61 Å². The first-order chi connectivity index (χ1) is 12.5. The van der Waals surface area contributed by atoms with Gasteiger partial charge in [-0.3, -0.25) is 10.1 Å². The quantitative estimate of drug-likeness (QED) is 0.314. The molecule has 0 saturated heterocycles. The minimum atomic E-state index is -1.93. The first-order valence-corrected chi connectivity index (χ1v) is 7.75. The van der Waals surface area contributed by atoms with E-state index < -0.39 is 23.7 Å². The maximum absolute atomic E-state index is 12.3. The summed E-state index contributed by atoms with van der Waals surface area (Å²) in [6.45, 7) is -0.0140. The highest BCUT2D eigenvalue weighted by atomic mass is 16.6. The number of non-ortho nitro benzene ring substituents is 1. The zero-order valence-corrected chi connectivity index (χ0v) is 13.5. The molecule has 26 heavy (non-hydrogen) atoms. The van der Waals surface area contributed by atoms with Crippen LogP contribution in [-0.4, -0.2) is 28.1 Å². The molecule has 0 atom stereocenters. The van der Waals surface area contributed by atoms with Crippen LogP contribution in [0.5, 0.6) is 0 Å². The maximum atomic E-state index is 12.3. The molecule has 7 nitrogen and oxygen atoms in total. The van der Waals surface area contributed by atoms with Gasteiger partial charge in [-0.05, 0) is 27.9 Å². The Balaban J connectivity index is 1.85.